The molecule has 100 valence electrons. The Morgan fingerprint density at radius 1 is 1.53 bits per heavy atom. The van der Waals surface area contributed by atoms with Crippen LogP contribution in [0.15, 0.2) is 24.3 Å². The largest absolute Gasteiger partial charge is 0.379 e. The Balaban J connectivity index is 2.10. The smallest absolute Gasteiger partial charge is 0.252 e. The maximum Gasteiger partial charge on any atom is 0.252 e. The summed E-state index contributed by atoms with van der Waals surface area (Å²) in [6.07, 6.45) is 0.561. The lowest BCUT2D eigenvalue weighted by Crippen LogP contribution is -2.49. The lowest BCUT2D eigenvalue weighted by Gasteiger charge is -2.31. The van der Waals surface area contributed by atoms with Crippen LogP contribution in [0.3, 0.4) is 0 Å². The maximum atomic E-state index is 12.2. The van der Waals surface area contributed by atoms with Gasteiger partial charge in [0.2, 0.25) is 0 Å². The predicted octanol–water partition coefficient (Wildman–Crippen LogP) is 1.09. The molecule has 1 fully saturated rings. The van der Waals surface area contributed by atoms with Gasteiger partial charge in [0.25, 0.3) is 5.91 Å². The Kier molecular flexibility index (Phi) is 4.50. The second-order valence-corrected chi connectivity index (χ2v) is 4.38. The second-order valence-electron chi connectivity index (χ2n) is 4.38. The molecule has 0 bridgehead atoms. The molecule has 5 nitrogen and oxygen atoms in total. The molecule has 1 heterocycles. The van der Waals surface area contributed by atoms with Gasteiger partial charge >= 0.3 is 0 Å². The highest BCUT2D eigenvalue weighted by molar-refractivity contribution is 5.96. The first-order chi connectivity index (χ1) is 9.26. The van der Waals surface area contributed by atoms with E-state index in [1.54, 1.807) is 31.4 Å². The molecule has 1 aliphatic heterocycles. The van der Waals surface area contributed by atoms with E-state index >= 15 is 0 Å². The van der Waals surface area contributed by atoms with E-state index < -0.39 is 0 Å². The molecule has 0 radical (unpaired) electrons. The van der Waals surface area contributed by atoms with Crippen molar-refractivity contribution >= 4 is 5.91 Å². The van der Waals surface area contributed by atoms with Crippen molar-refractivity contribution in [2.75, 3.05) is 20.3 Å². The fourth-order valence-electron chi connectivity index (χ4n) is 2.13. The molecule has 0 unspecified atom stereocenters. The topological polar surface area (TPSA) is 71.3 Å². The van der Waals surface area contributed by atoms with E-state index in [4.69, 9.17) is 14.7 Å². The SMILES string of the molecule is CO[C@@H]1COCC[C@H]1NC(=O)c1ccccc1C#N. The van der Waals surface area contributed by atoms with Crippen molar-refractivity contribution in [3.63, 3.8) is 0 Å². The zero-order valence-corrected chi connectivity index (χ0v) is 10.8. The van der Waals surface area contributed by atoms with Gasteiger partial charge in [0, 0.05) is 13.7 Å². The van der Waals surface area contributed by atoms with E-state index in [1.165, 1.54) is 0 Å². The minimum Gasteiger partial charge on any atom is -0.379 e. The first-order valence-electron chi connectivity index (χ1n) is 6.16. The third-order valence-electron chi connectivity index (χ3n) is 3.22. The van der Waals surface area contributed by atoms with Gasteiger partial charge in [0.05, 0.1) is 29.8 Å². The average Bonchev–Trinajstić information content (AvgIpc) is 2.47. The van der Waals surface area contributed by atoms with Gasteiger partial charge in [-0.05, 0) is 18.6 Å². The highest BCUT2D eigenvalue weighted by Crippen LogP contribution is 2.13. The normalized spacial score (nSPS) is 22.5. The Morgan fingerprint density at radius 3 is 3.05 bits per heavy atom. The number of carbonyl (C=O) groups excluding carboxylic acids is 1. The summed E-state index contributed by atoms with van der Waals surface area (Å²) in [5.41, 5.74) is 0.771. The summed E-state index contributed by atoms with van der Waals surface area (Å²) in [5, 5.41) is 11.9. The summed E-state index contributed by atoms with van der Waals surface area (Å²) in [6.45, 7) is 1.08. The van der Waals surface area contributed by atoms with Gasteiger partial charge in [0.1, 0.15) is 6.10 Å². The number of rotatable bonds is 3. The van der Waals surface area contributed by atoms with Gasteiger partial charge < -0.3 is 14.8 Å². The van der Waals surface area contributed by atoms with Gasteiger partial charge in [-0.3, -0.25) is 4.79 Å². The van der Waals surface area contributed by atoms with Gasteiger partial charge in [-0.1, -0.05) is 12.1 Å². The molecule has 0 aromatic heterocycles. The maximum absolute atomic E-state index is 12.2. The molecule has 2 atom stereocenters. The fourth-order valence-corrected chi connectivity index (χ4v) is 2.13. The zero-order valence-electron chi connectivity index (χ0n) is 10.8. The molecule has 5 heteroatoms. The van der Waals surface area contributed by atoms with E-state index in [0.717, 1.165) is 0 Å². The number of nitriles is 1. The molecule has 1 amide bonds. The van der Waals surface area contributed by atoms with Crippen LogP contribution in [0.25, 0.3) is 0 Å². The van der Waals surface area contributed by atoms with Crippen LogP contribution in [0.2, 0.25) is 0 Å². The van der Waals surface area contributed by atoms with E-state index in [9.17, 15) is 4.79 Å². The Hall–Kier alpha value is -1.90. The summed E-state index contributed by atoms with van der Waals surface area (Å²) in [7, 11) is 1.60. The number of amides is 1. The zero-order chi connectivity index (χ0) is 13.7. The van der Waals surface area contributed by atoms with Crippen molar-refractivity contribution in [1.29, 1.82) is 5.26 Å². The molecule has 1 aromatic carbocycles. The molecule has 1 N–H and O–H groups in total. The quantitative estimate of drug-likeness (QED) is 0.883. The number of methoxy groups -OCH3 is 1. The monoisotopic (exact) mass is 260 g/mol. The van der Waals surface area contributed by atoms with Gasteiger partial charge in [-0.15, -0.1) is 0 Å². The molecule has 19 heavy (non-hydrogen) atoms. The van der Waals surface area contributed by atoms with Crippen molar-refractivity contribution in [3.05, 3.63) is 35.4 Å². The number of nitrogens with zero attached hydrogens (tertiary/aromatic N) is 1. The molecule has 0 aliphatic carbocycles. The molecule has 1 aliphatic rings. The van der Waals surface area contributed by atoms with E-state index in [1.807, 2.05) is 6.07 Å². The minimum absolute atomic E-state index is 0.0852. The van der Waals surface area contributed by atoms with Crippen LogP contribution < -0.4 is 5.32 Å². The van der Waals surface area contributed by atoms with E-state index in [-0.39, 0.29) is 18.1 Å². The Bertz CT molecular complexity index is 496. The third-order valence-corrected chi connectivity index (χ3v) is 3.22. The summed E-state index contributed by atoms with van der Waals surface area (Å²) < 4.78 is 10.6. The molecule has 0 spiro atoms. The van der Waals surface area contributed by atoms with Crippen LogP contribution >= 0.6 is 0 Å². The standard InChI is InChI=1S/C14H16N2O3/c1-18-13-9-19-7-6-12(13)16-14(17)11-5-3-2-4-10(11)8-15/h2-5,12-13H,6-7,9H2,1H3,(H,16,17)/t12-,13-/m1/s1. The fraction of sp³-hybridized carbons (Fsp3) is 0.429. The van der Waals surface area contributed by atoms with Crippen LogP contribution in [-0.4, -0.2) is 38.4 Å². The summed E-state index contributed by atoms with van der Waals surface area (Å²) >= 11 is 0. The van der Waals surface area contributed by atoms with Crippen molar-refractivity contribution in [2.24, 2.45) is 0 Å². The third kappa shape index (κ3) is 3.11. The van der Waals surface area contributed by atoms with Gasteiger partial charge in [-0.2, -0.15) is 5.26 Å². The van der Waals surface area contributed by atoms with Crippen LogP contribution in [0, 0.1) is 11.3 Å². The lowest BCUT2D eigenvalue weighted by molar-refractivity contribution is -0.0479. The summed E-state index contributed by atoms with van der Waals surface area (Å²) in [5.74, 6) is -0.244. The number of nitrogens with one attached hydrogen (secondary N) is 1. The lowest BCUT2D eigenvalue weighted by atomic mass is 10.0. The van der Waals surface area contributed by atoms with Crippen molar-refractivity contribution in [1.82, 2.24) is 5.32 Å². The molecular formula is C14H16N2O3. The molecule has 0 saturated carbocycles. The number of benzene rings is 1. The van der Waals surface area contributed by atoms with Crippen LogP contribution in [0.1, 0.15) is 22.3 Å². The van der Waals surface area contributed by atoms with Crippen molar-refractivity contribution < 1.29 is 14.3 Å². The van der Waals surface area contributed by atoms with Gasteiger partial charge in [0.15, 0.2) is 0 Å². The number of hydrogen-bond donors (Lipinski definition) is 1. The second kappa shape index (κ2) is 6.32. The van der Waals surface area contributed by atoms with Crippen LogP contribution in [0.4, 0.5) is 0 Å². The first-order valence-corrected chi connectivity index (χ1v) is 6.16. The van der Waals surface area contributed by atoms with Gasteiger partial charge in [-0.25, -0.2) is 0 Å². The number of ether oxygens (including phenoxy) is 2. The average molecular weight is 260 g/mol. The molecule has 1 saturated heterocycles. The number of hydrogen-bond acceptors (Lipinski definition) is 4. The minimum atomic E-state index is -0.244. The van der Waals surface area contributed by atoms with Crippen LogP contribution in [0.5, 0.6) is 0 Å². The summed E-state index contributed by atoms with van der Waals surface area (Å²) in [6, 6.07) is 8.70. The number of carbonyl (C=O) groups is 1. The van der Waals surface area contributed by atoms with Crippen molar-refractivity contribution in [3.8, 4) is 6.07 Å². The van der Waals surface area contributed by atoms with Crippen LogP contribution in [-0.2, 0) is 9.47 Å². The first kappa shape index (κ1) is 13.5. The van der Waals surface area contributed by atoms with E-state index in [0.29, 0.717) is 30.8 Å². The highest BCUT2D eigenvalue weighted by Gasteiger charge is 2.27. The molecule has 1 aromatic rings. The Morgan fingerprint density at radius 2 is 2.32 bits per heavy atom. The summed E-state index contributed by atoms with van der Waals surface area (Å²) in [4.78, 5) is 12.2. The predicted molar refractivity (Wildman–Crippen MR) is 68.6 cm³/mol. The van der Waals surface area contributed by atoms with E-state index in [2.05, 4.69) is 5.32 Å². The Labute approximate surface area is 112 Å². The molecular weight excluding hydrogens is 244 g/mol. The van der Waals surface area contributed by atoms with Crippen molar-refractivity contribution in [2.45, 2.75) is 18.6 Å². The highest BCUT2D eigenvalue weighted by atomic mass is 16.5. The molecule has 2 rings (SSSR count).